The van der Waals surface area contributed by atoms with Gasteiger partial charge in [0.05, 0.1) is 12.2 Å². The first-order valence-electron chi connectivity index (χ1n) is 4.90. The third-order valence-corrected chi connectivity index (χ3v) is 1.98. The van der Waals surface area contributed by atoms with Crippen molar-refractivity contribution in [1.29, 1.82) is 0 Å². The van der Waals surface area contributed by atoms with E-state index in [-0.39, 0.29) is 5.84 Å². The highest BCUT2D eigenvalue weighted by molar-refractivity contribution is 5.99. The zero-order valence-corrected chi connectivity index (χ0v) is 9.03. The Kier molecular flexibility index (Phi) is 3.97. The van der Waals surface area contributed by atoms with Crippen molar-refractivity contribution in [3.8, 4) is 5.75 Å². The molecule has 0 radical (unpaired) electrons. The Morgan fingerprint density at radius 2 is 2.27 bits per heavy atom. The number of amidine groups is 1. The lowest BCUT2D eigenvalue weighted by Crippen LogP contribution is -2.15. The molecule has 0 amide bonds. The Balaban J connectivity index is 3.03. The summed E-state index contributed by atoms with van der Waals surface area (Å²) in [6.07, 6.45) is 0.920. The van der Waals surface area contributed by atoms with Gasteiger partial charge >= 0.3 is 0 Å². The first-order chi connectivity index (χ1) is 7.19. The minimum absolute atomic E-state index is 0.0705. The van der Waals surface area contributed by atoms with Gasteiger partial charge in [-0.25, -0.2) is 0 Å². The molecule has 0 aliphatic rings. The van der Waals surface area contributed by atoms with Crippen LogP contribution >= 0.6 is 0 Å². The molecule has 1 aromatic rings. The first kappa shape index (κ1) is 11.4. The summed E-state index contributed by atoms with van der Waals surface area (Å²) in [7, 11) is 0. The highest BCUT2D eigenvalue weighted by Gasteiger charge is 2.07. The van der Waals surface area contributed by atoms with Crippen LogP contribution in [0.3, 0.4) is 0 Å². The van der Waals surface area contributed by atoms with Crippen molar-refractivity contribution in [1.82, 2.24) is 0 Å². The Labute approximate surface area is 89.4 Å². The molecule has 15 heavy (non-hydrogen) atoms. The van der Waals surface area contributed by atoms with Gasteiger partial charge in [-0.1, -0.05) is 18.1 Å². The van der Waals surface area contributed by atoms with Gasteiger partial charge in [0.15, 0.2) is 5.84 Å². The van der Waals surface area contributed by atoms with Gasteiger partial charge < -0.3 is 15.7 Å². The third kappa shape index (κ3) is 2.87. The van der Waals surface area contributed by atoms with Crippen molar-refractivity contribution in [3.05, 3.63) is 29.3 Å². The van der Waals surface area contributed by atoms with E-state index in [9.17, 15) is 0 Å². The van der Waals surface area contributed by atoms with Gasteiger partial charge in [-0.05, 0) is 31.0 Å². The van der Waals surface area contributed by atoms with E-state index in [2.05, 4.69) is 5.16 Å². The highest BCUT2D eigenvalue weighted by Crippen LogP contribution is 2.20. The number of nitrogens with zero attached hydrogens (tertiary/aromatic N) is 1. The summed E-state index contributed by atoms with van der Waals surface area (Å²) in [4.78, 5) is 0. The van der Waals surface area contributed by atoms with Crippen LogP contribution < -0.4 is 10.5 Å². The lowest BCUT2D eigenvalue weighted by molar-refractivity contribution is 0.311. The lowest BCUT2D eigenvalue weighted by atomic mass is 10.1. The number of benzene rings is 1. The zero-order chi connectivity index (χ0) is 11.3. The van der Waals surface area contributed by atoms with E-state index in [1.54, 1.807) is 6.07 Å². The van der Waals surface area contributed by atoms with Crippen LogP contribution in [-0.2, 0) is 0 Å². The molecule has 0 aromatic heterocycles. The van der Waals surface area contributed by atoms with Gasteiger partial charge in [0, 0.05) is 0 Å². The number of nitrogens with two attached hydrogens (primary N) is 1. The molecule has 0 unspecified atom stereocenters. The van der Waals surface area contributed by atoms with Gasteiger partial charge in [0.25, 0.3) is 0 Å². The van der Waals surface area contributed by atoms with Crippen molar-refractivity contribution in [2.75, 3.05) is 6.61 Å². The monoisotopic (exact) mass is 208 g/mol. The highest BCUT2D eigenvalue weighted by atomic mass is 16.5. The maximum Gasteiger partial charge on any atom is 0.173 e. The van der Waals surface area contributed by atoms with Gasteiger partial charge in [-0.2, -0.15) is 0 Å². The topological polar surface area (TPSA) is 67.8 Å². The molecule has 0 bridgehead atoms. The van der Waals surface area contributed by atoms with Crippen molar-refractivity contribution in [3.63, 3.8) is 0 Å². The Morgan fingerprint density at radius 3 is 2.87 bits per heavy atom. The van der Waals surface area contributed by atoms with E-state index in [0.717, 1.165) is 12.0 Å². The summed E-state index contributed by atoms with van der Waals surface area (Å²) >= 11 is 0. The molecule has 0 heterocycles. The van der Waals surface area contributed by atoms with Crippen LogP contribution in [0.15, 0.2) is 23.4 Å². The largest absolute Gasteiger partial charge is 0.493 e. The molecule has 4 heteroatoms. The second-order valence-corrected chi connectivity index (χ2v) is 3.33. The van der Waals surface area contributed by atoms with E-state index in [1.165, 1.54) is 0 Å². The molecule has 0 aliphatic carbocycles. The van der Waals surface area contributed by atoms with E-state index in [1.807, 2.05) is 26.0 Å². The van der Waals surface area contributed by atoms with E-state index in [4.69, 9.17) is 15.7 Å². The third-order valence-electron chi connectivity index (χ3n) is 1.98. The quantitative estimate of drug-likeness (QED) is 0.343. The maximum atomic E-state index is 8.61. The number of rotatable bonds is 4. The van der Waals surface area contributed by atoms with E-state index >= 15 is 0 Å². The minimum Gasteiger partial charge on any atom is -0.493 e. The minimum atomic E-state index is 0.0705. The molecule has 82 valence electrons. The van der Waals surface area contributed by atoms with Crippen molar-refractivity contribution < 1.29 is 9.94 Å². The fraction of sp³-hybridized carbons (Fsp3) is 0.364. The molecular formula is C11H16N2O2. The standard InChI is InChI=1S/C11H16N2O2/c1-3-6-15-10-7-8(2)4-5-9(10)11(12)13-14/h4-5,7,14H,3,6H2,1-2H3,(H2,12,13). The van der Waals surface area contributed by atoms with Gasteiger partial charge in [0.2, 0.25) is 0 Å². The normalized spacial score (nSPS) is 11.5. The second-order valence-electron chi connectivity index (χ2n) is 3.33. The molecule has 1 rings (SSSR count). The van der Waals surface area contributed by atoms with E-state index < -0.39 is 0 Å². The Bertz CT molecular complexity index is 362. The van der Waals surface area contributed by atoms with Crippen molar-refractivity contribution >= 4 is 5.84 Å². The molecule has 0 spiro atoms. The molecular weight excluding hydrogens is 192 g/mol. The summed E-state index contributed by atoms with van der Waals surface area (Å²) in [5.41, 5.74) is 7.24. The fourth-order valence-corrected chi connectivity index (χ4v) is 1.23. The number of hydrogen-bond acceptors (Lipinski definition) is 3. The molecule has 0 aliphatic heterocycles. The summed E-state index contributed by atoms with van der Waals surface area (Å²) in [6.45, 7) is 4.61. The molecule has 1 aromatic carbocycles. The predicted octanol–water partition coefficient (Wildman–Crippen LogP) is 1.88. The summed E-state index contributed by atoms with van der Waals surface area (Å²) < 4.78 is 5.52. The van der Waals surface area contributed by atoms with Crippen LogP contribution in [0.1, 0.15) is 24.5 Å². The first-order valence-corrected chi connectivity index (χ1v) is 4.90. The summed E-state index contributed by atoms with van der Waals surface area (Å²) in [5.74, 6) is 0.730. The maximum absolute atomic E-state index is 8.61. The summed E-state index contributed by atoms with van der Waals surface area (Å²) in [6, 6.07) is 5.56. The van der Waals surface area contributed by atoms with Gasteiger partial charge in [-0.3, -0.25) is 0 Å². The lowest BCUT2D eigenvalue weighted by Gasteiger charge is -2.10. The molecule has 0 saturated heterocycles. The second kappa shape index (κ2) is 5.24. The van der Waals surface area contributed by atoms with Gasteiger partial charge in [-0.15, -0.1) is 0 Å². The van der Waals surface area contributed by atoms with Crippen molar-refractivity contribution in [2.24, 2.45) is 10.9 Å². The molecule has 0 fully saturated rings. The fourth-order valence-electron chi connectivity index (χ4n) is 1.23. The number of aryl methyl sites for hydroxylation is 1. The van der Waals surface area contributed by atoms with Crippen LogP contribution in [0, 0.1) is 6.92 Å². The van der Waals surface area contributed by atoms with Crippen LogP contribution in [0.5, 0.6) is 5.75 Å². The number of ether oxygens (including phenoxy) is 1. The number of hydrogen-bond donors (Lipinski definition) is 2. The molecule has 3 N–H and O–H groups in total. The Hall–Kier alpha value is -1.71. The average molecular weight is 208 g/mol. The van der Waals surface area contributed by atoms with Gasteiger partial charge in [0.1, 0.15) is 5.75 Å². The van der Waals surface area contributed by atoms with Crippen LogP contribution in [0.2, 0.25) is 0 Å². The van der Waals surface area contributed by atoms with Crippen LogP contribution in [0.4, 0.5) is 0 Å². The molecule has 0 atom stereocenters. The van der Waals surface area contributed by atoms with Crippen LogP contribution in [-0.4, -0.2) is 17.6 Å². The molecule has 4 nitrogen and oxygen atoms in total. The van der Waals surface area contributed by atoms with Crippen LogP contribution in [0.25, 0.3) is 0 Å². The summed E-state index contributed by atoms with van der Waals surface area (Å²) in [5, 5.41) is 11.6. The number of oxime groups is 1. The average Bonchev–Trinajstić information content (AvgIpc) is 2.25. The Morgan fingerprint density at radius 1 is 1.53 bits per heavy atom. The molecule has 0 saturated carbocycles. The zero-order valence-electron chi connectivity index (χ0n) is 9.03. The SMILES string of the molecule is CCCOc1cc(C)ccc1C(N)=NO. The smallest absolute Gasteiger partial charge is 0.173 e. The predicted molar refractivity (Wildman–Crippen MR) is 59.5 cm³/mol. The van der Waals surface area contributed by atoms with E-state index in [0.29, 0.717) is 17.9 Å². The van der Waals surface area contributed by atoms with Crippen molar-refractivity contribution in [2.45, 2.75) is 20.3 Å².